The fourth-order valence-corrected chi connectivity index (χ4v) is 2.66. The molecule has 6 heteroatoms. The molecule has 0 aliphatic heterocycles. The van der Waals surface area contributed by atoms with Crippen LogP contribution in [-0.4, -0.2) is 29.2 Å². The van der Waals surface area contributed by atoms with Crippen LogP contribution in [0.3, 0.4) is 0 Å². The molecule has 0 atom stereocenters. The highest BCUT2D eigenvalue weighted by Crippen LogP contribution is 2.15. The molecule has 2 aromatic heterocycles. The molecule has 2 rings (SSSR count). The van der Waals surface area contributed by atoms with Gasteiger partial charge in [-0.3, -0.25) is 4.79 Å². The van der Waals surface area contributed by atoms with E-state index in [1.807, 2.05) is 16.0 Å². The summed E-state index contributed by atoms with van der Waals surface area (Å²) < 4.78 is 7.03. The number of nitrogens with one attached hydrogen (secondary N) is 1. The van der Waals surface area contributed by atoms with E-state index in [9.17, 15) is 4.79 Å². The zero-order chi connectivity index (χ0) is 14.4. The van der Waals surface area contributed by atoms with Gasteiger partial charge in [-0.2, -0.15) is 0 Å². The van der Waals surface area contributed by atoms with E-state index in [0.29, 0.717) is 13.2 Å². The Hall–Kier alpha value is -1.66. The van der Waals surface area contributed by atoms with Crippen molar-refractivity contribution in [1.29, 1.82) is 0 Å². The number of imidazole rings is 1. The number of carbonyl (C=O) groups excluding carboxylic acids is 1. The summed E-state index contributed by atoms with van der Waals surface area (Å²) in [6, 6.07) is 1.95. The Morgan fingerprint density at radius 2 is 2.40 bits per heavy atom. The summed E-state index contributed by atoms with van der Waals surface area (Å²) in [5, 5.41) is 4.82. The average molecular weight is 293 g/mol. The second-order valence-corrected chi connectivity index (χ2v) is 5.40. The third-order valence-corrected chi connectivity index (χ3v) is 4.11. The molecule has 2 aromatic rings. The van der Waals surface area contributed by atoms with Crippen LogP contribution in [0.5, 0.6) is 0 Å². The molecule has 0 saturated heterocycles. The monoisotopic (exact) mass is 293 g/mol. The summed E-state index contributed by atoms with van der Waals surface area (Å²) in [5.74, 6) is -0.0413. The molecule has 5 nitrogen and oxygen atoms in total. The van der Waals surface area contributed by atoms with Crippen LogP contribution in [0, 0.1) is 0 Å². The van der Waals surface area contributed by atoms with Gasteiger partial charge in [0.1, 0.15) is 0 Å². The minimum atomic E-state index is -0.0413. The molecular formula is C14H19N3O2S. The standard InChI is InChI=1S/C14H19N3O2S/c1-3-13-6-11(9-20-13)14(18)16-8-12-7-15-10-17(12)4-5-19-2/h6-7,9-10H,3-5,8H2,1-2H3,(H,16,18). The first kappa shape index (κ1) is 14.7. The minimum Gasteiger partial charge on any atom is -0.383 e. The lowest BCUT2D eigenvalue weighted by atomic mass is 10.2. The van der Waals surface area contributed by atoms with Gasteiger partial charge in [0.25, 0.3) is 5.91 Å². The highest BCUT2D eigenvalue weighted by Gasteiger charge is 2.09. The molecule has 0 saturated carbocycles. The van der Waals surface area contributed by atoms with Crippen molar-refractivity contribution >= 4 is 17.2 Å². The van der Waals surface area contributed by atoms with Crippen LogP contribution in [0.15, 0.2) is 24.0 Å². The number of aromatic nitrogens is 2. The number of rotatable bonds is 7. The fraction of sp³-hybridized carbons (Fsp3) is 0.429. The molecule has 0 aliphatic rings. The van der Waals surface area contributed by atoms with E-state index in [0.717, 1.165) is 24.2 Å². The number of ether oxygens (including phenoxy) is 1. The Kier molecular flexibility index (Phi) is 5.31. The Morgan fingerprint density at radius 1 is 1.55 bits per heavy atom. The molecule has 2 heterocycles. The number of carbonyl (C=O) groups is 1. The lowest BCUT2D eigenvalue weighted by Gasteiger charge is -2.08. The highest BCUT2D eigenvalue weighted by molar-refractivity contribution is 7.10. The molecule has 1 amide bonds. The molecule has 108 valence electrons. The Bertz CT molecular complexity index is 562. The zero-order valence-corrected chi connectivity index (χ0v) is 12.6. The second-order valence-electron chi connectivity index (χ2n) is 4.41. The number of hydrogen-bond donors (Lipinski definition) is 1. The Labute approximate surface area is 122 Å². The van der Waals surface area contributed by atoms with Gasteiger partial charge in [-0.05, 0) is 12.5 Å². The topological polar surface area (TPSA) is 56.2 Å². The lowest BCUT2D eigenvalue weighted by Crippen LogP contribution is -2.24. The van der Waals surface area contributed by atoms with Gasteiger partial charge >= 0.3 is 0 Å². The number of hydrogen-bond acceptors (Lipinski definition) is 4. The van der Waals surface area contributed by atoms with Crippen molar-refractivity contribution in [1.82, 2.24) is 14.9 Å². The van der Waals surface area contributed by atoms with Crippen LogP contribution >= 0.6 is 11.3 Å². The smallest absolute Gasteiger partial charge is 0.252 e. The van der Waals surface area contributed by atoms with Crippen LogP contribution in [0.2, 0.25) is 0 Å². The van der Waals surface area contributed by atoms with Crippen molar-refractivity contribution in [2.45, 2.75) is 26.4 Å². The minimum absolute atomic E-state index is 0.0413. The number of aryl methyl sites for hydroxylation is 1. The molecule has 0 radical (unpaired) electrons. The van der Waals surface area contributed by atoms with Crippen LogP contribution < -0.4 is 5.32 Å². The zero-order valence-electron chi connectivity index (χ0n) is 11.8. The van der Waals surface area contributed by atoms with Crippen molar-refractivity contribution in [3.05, 3.63) is 40.1 Å². The van der Waals surface area contributed by atoms with Gasteiger partial charge in [0, 0.05) is 30.1 Å². The first-order valence-corrected chi connectivity index (χ1v) is 7.46. The summed E-state index contributed by atoms with van der Waals surface area (Å²) in [6.07, 6.45) is 4.48. The molecule has 0 unspecified atom stereocenters. The van der Waals surface area contributed by atoms with Gasteiger partial charge < -0.3 is 14.6 Å². The van der Waals surface area contributed by atoms with Crippen LogP contribution in [0.25, 0.3) is 0 Å². The van der Waals surface area contributed by atoms with Crippen molar-refractivity contribution in [3.63, 3.8) is 0 Å². The van der Waals surface area contributed by atoms with Crippen molar-refractivity contribution < 1.29 is 9.53 Å². The molecule has 20 heavy (non-hydrogen) atoms. The normalized spacial score (nSPS) is 10.7. The maximum absolute atomic E-state index is 12.0. The summed E-state index contributed by atoms with van der Waals surface area (Å²) in [4.78, 5) is 17.4. The van der Waals surface area contributed by atoms with Gasteiger partial charge in [-0.1, -0.05) is 6.92 Å². The first-order valence-electron chi connectivity index (χ1n) is 6.58. The maximum atomic E-state index is 12.0. The highest BCUT2D eigenvalue weighted by atomic mass is 32.1. The third kappa shape index (κ3) is 3.68. The summed E-state index contributed by atoms with van der Waals surface area (Å²) in [6.45, 7) is 3.92. The van der Waals surface area contributed by atoms with Gasteiger partial charge in [-0.25, -0.2) is 4.98 Å². The largest absolute Gasteiger partial charge is 0.383 e. The number of thiophene rings is 1. The van der Waals surface area contributed by atoms with E-state index in [1.165, 1.54) is 4.88 Å². The van der Waals surface area contributed by atoms with Crippen molar-refractivity contribution in [2.75, 3.05) is 13.7 Å². The first-order chi connectivity index (χ1) is 9.74. The number of nitrogens with zero attached hydrogens (tertiary/aromatic N) is 2. The predicted molar refractivity (Wildman–Crippen MR) is 79.0 cm³/mol. The van der Waals surface area contributed by atoms with Gasteiger partial charge in [0.05, 0.1) is 30.7 Å². The summed E-state index contributed by atoms with van der Waals surface area (Å²) >= 11 is 1.62. The Balaban J connectivity index is 1.91. The molecule has 0 aliphatic carbocycles. The molecule has 0 aromatic carbocycles. The second kappa shape index (κ2) is 7.21. The van der Waals surface area contributed by atoms with Crippen LogP contribution in [-0.2, 0) is 24.2 Å². The summed E-state index contributed by atoms with van der Waals surface area (Å²) in [5.41, 5.74) is 1.70. The maximum Gasteiger partial charge on any atom is 0.252 e. The van der Waals surface area contributed by atoms with Crippen LogP contribution in [0.1, 0.15) is 27.9 Å². The predicted octanol–water partition coefficient (Wildman–Crippen LogP) is 2.08. The van der Waals surface area contributed by atoms with E-state index in [2.05, 4.69) is 17.2 Å². The molecule has 0 spiro atoms. The van der Waals surface area contributed by atoms with Gasteiger partial charge in [-0.15, -0.1) is 11.3 Å². The van der Waals surface area contributed by atoms with Gasteiger partial charge in [0.15, 0.2) is 0 Å². The fourth-order valence-electron chi connectivity index (χ4n) is 1.84. The molecule has 0 fully saturated rings. The van der Waals surface area contributed by atoms with E-state index < -0.39 is 0 Å². The third-order valence-electron chi connectivity index (χ3n) is 3.03. The molecule has 0 bridgehead atoms. The number of amides is 1. The summed E-state index contributed by atoms with van der Waals surface area (Å²) in [7, 11) is 1.67. The molecular weight excluding hydrogens is 274 g/mol. The van der Waals surface area contributed by atoms with E-state index >= 15 is 0 Å². The quantitative estimate of drug-likeness (QED) is 0.850. The van der Waals surface area contributed by atoms with Gasteiger partial charge in [0.2, 0.25) is 0 Å². The number of methoxy groups -OCH3 is 1. The van der Waals surface area contributed by atoms with E-state index in [4.69, 9.17) is 4.74 Å². The Morgan fingerprint density at radius 3 is 3.10 bits per heavy atom. The van der Waals surface area contributed by atoms with Crippen molar-refractivity contribution in [2.24, 2.45) is 0 Å². The average Bonchev–Trinajstić information content (AvgIpc) is 3.11. The SMILES string of the molecule is CCc1cc(C(=O)NCc2cncn2CCOC)cs1. The molecule has 1 N–H and O–H groups in total. The van der Waals surface area contributed by atoms with E-state index in [1.54, 1.807) is 31.0 Å². The lowest BCUT2D eigenvalue weighted by molar-refractivity contribution is 0.0950. The van der Waals surface area contributed by atoms with E-state index in [-0.39, 0.29) is 5.91 Å². The van der Waals surface area contributed by atoms with Crippen molar-refractivity contribution in [3.8, 4) is 0 Å². The van der Waals surface area contributed by atoms with Crippen LogP contribution in [0.4, 0.5) is 0 Å².